The van der Waals surface area contributed by atoms with Crippen LogP contribution in [0.4, 0.5) is 0 Å². The second-order valence-electron chi connectivity index (χ2n) is 4.32. The fourth-order valence-electron chi connectivity index (χ4n) is 0.953. The quantitative estimate of drug-likeness (QED) is 0.502. The van der Waals surface area contributed by atoms with Gasteiger partial charge >= 0.3 is 68.2 Å². The summed E-state index contributed by atoms with van der Waals surface area (Å²) in [5, 5.41) is 1.24. The Hall–Kier alpha value is 1.25. The molecule has 0 aromatic heterocycles. The van der Waals surface area contributed by atoms with Crippen molar-refractivity contribution in [1.29, 1.82) is 0 Å². The fourth-order valence-corrected chi connectivity index (χ4v) is 23.2. The molecule has 0 nitrogen and oxygen atoms in total. The van der Waals surface area contributed by atoms with Gasteiger partial charge in [0, 0.05) is 0 Å². The first-order chi connectivity index (χ1) is 7.02. The molecule has 2 radical (unpaired) electrons. The normalized spacial score (nSPS) is 10.1. The topological polar surface area (TPSA) is 0 Å². The Morgan fingerprint density at radius 3 is 1.47 bits per heavy atom. The summed E-state index contributed by atoms with van der Waals surface area (Å²) in [6.07, 6.45) is 0. The summed E-state index contributed by atoms with van der Waals surface area (Å²) in [7, 11) is 2.63. The van der Waals surface area contributed by atoms with Crippen LogP contribution >= 0.6 is 9.24 Å². The molecule has 0 spiro atoms. The zero-order valence-corrected chi connectivity index (χ0v) is 17.2. The van der Waals surface area contributed by atoms with Gasteiger partial charge in [-0.25, -0.2) is 0 Å². The van der Waals surface area contributed by atoms with Crippen LogP contribution < -0.4 is 5.30 Å². The van der Waals surface area contributed by atoms with Crippen LogP contribution in [0.2, 0.25) is 28.6 Å². The molecule has 1 atom stereocenters. The van der Waals surface area contributed by atoms with E-state index in [-0.39, 0.29) is 0 Å². The molecule has 0 fully saturated rings. The number of hydrogen-bond acceptors (Lipinski definition) is 0. The molecule has 1 unspecified atom stereocenters. The summed E-state index contributed by atoms with van der Waals surface area (Å²) in [6.45, 7) is 0. The van der Waals surface area contributed by atoms with Crippen LogP contribution in [0, 0.1) is 0 Å². The van der Waals surface area contributed by atoms with E-state index in [1.54, 1.807) is 8.87 Å². The molecule has 0 bridgehead atoms. The van der Waals surface area contributed by atoms with Crippen LogP contribution in [0.3, 0.4) is 0 Å². The van der Waals surface area contributed by atoms with Crippen molar-refractivity contribution in [2.45, 2.75) is 28.6 Å². The first kappa shape index (κ1) is 16.2. The van der Waals surface area contributed by atoms with Crippen molar-refractivity contribution in [1.82, 2.24) is 0 Å². The molecular formula is C12H23PSn2. The van der Waals surface area contributed by atoms with Crippen molar-refractivity contribution < 1.29 is 0 Å². The molecule has 0 saturated carbocycles. The summed E-state index contributed by atoms with van der Waals surface area (Å²) in [5.74, 6) is 0. The summed E-state index contributed by atoms with van der Waals surface area (Å²) >= 11 is -1.28. The van der Waals surface area contributed by atoms with Crippen LogP contribution in [0.1, 0.15) is 0 Å². The van der Waals surface area contributed by atoms with E-state index in [1.807, 2.05) is 30.3 Å². The molecule has 1 aromatic carbocycles. The molecule has 3 heteroatoms. The fraction of sp³-hybridized carbons (Fsp3) is 0.500. The van der Waals surface area contributed by atoms with Crippen molar-refractivity contribution in [3.8, 4) is 0 Å². The van der Waals surface area contributed by atoms with Gasteiger partial charge in [0.15, 0.2) is 0 Å². The second kappa shape index (κ2) is 10.4. The van der Waals surface area contributed by atoms with Crippen molar-refractivity contribution >= 4 is 54.1 Å². The van der Waals surface area contributed by atoms with Crippen LogP contribution in [0.25, 0.3) is 0 Å². The van der Waals surface area contributed by atoms with Gasteiger partial charge in [-0.15, -0.1) is 9.24 Å². The van der Waals surface area contributed by atoms with E-state index in [0.29, 0.717) is 0 Å². The van der Waals surface area contributed by atoms with Gasteiger partial charge in [-0.05, 0) is 5.30 Å². The van der Waals surface area contributed by atoms with E-state index >= 15 is 0 Å². The predicted molar refractivity (Wildman–Crippen MR) is 80.4 cm³/mol. The Morgan fingerprint density at radius 2 is 1.27 bits per heavy atom. The van der Waals surface area contributed by atoms with Gasteiger partial charge in [-0.1, -0.05) is 30.3 Å². The molecule has 15 heavy (non-hydrogen) atoms. The molecular weight excluding hydrogens is 413 g/mol. The van der Waals surface area contributed by atoms with Gasteiger partial charge < -0.3 is 0 Å². The minimum atomic E-state index is -0.641. The average molecular weight is 436 g/mol. The second-order valence-corrected chi connectivity index (χ2v) is 21.6. The third kappa shape index (κ3) is 13.2. The maximum atomic E-state index is 2.63. The van der Waals surface area contributed by atoms with Crippen molar-refractivity contribution in [3.05, 3.63) is 30.3 Å². The Labute approximate surface area is 112 Å². The SMILES string of the molecule is Pc1ccccc1.[CH3][Sn]([CH3])[CH2][CH2][Sn]([CH3])[CH3]. The van der Waals surface area contributed by atoms with Gasteiger partial charge in [0.05, 0.1) is 0 Å². The van der Waals surface area contributed by atoms with Crippen LogP contribution in [-0.2, 0) is 0 Å². The summed E-state index contributed by atoms with van der Waals surface area (Å²) < 4.78 is 3.34. The van der Waals surface area contributed by atoms with E-state index < -0.39 is 39.5 Å². The zero-order chi connectivity index (χ0) is 11.7. The predicted octanol–water partition coefficient (Wildman–Crippen LogP) is 3.68. The first-order valence-corrected chi connectivity index (χ1v) is 21.4. The third-order valence-electron chi connectivity index (χ3n) is 1.92. The van der Waals surface area contributed by atoms with Gasteiger partial charge in [0.2, 0.25) is 0 Å². The van der Waals surface area contributed by atoms with Crippen molar-refractivity contribution in [2.24, 2.45) is 0 Å². The summed E-state index contributed by atoms with van der Waals surface area (Å²) in [4.78, 5) is 10.0. The zero-order valence-electron chi connectivity index (χ0n) is 10.4. The molecule has 1 rings (SSSR count). The van der Waals surface area contributed by atoms with Gasteiger partial charge in [-0.3, -0.25) is 0 Å². The van der Waals surface area contributed by atoms with E-state index in [9.17, 15) is 0 Å². The Morgan fingerprint density at radius 1 is 0.867 bits per heavy atom. The molecule has 0 aliphatic carbocycles. The Balaban J connectivity index is 0.000000262. The Bertz CT molecular complexity index is 227. The molecule has 0 aliphatic rings. The van der Waals surface area contributed by atoms with E-state index in [0.717, 1.165) is 0 Å². The molecule has 0 heterocycles. The van der Waals surface area contributed by atoms with Gasteiger partial charge in [0.25, 0.3) is 0 Å². The van der Waals surface area contributed by atoms with Crippen LogP contribution in [0.15, 0.2) is 30.3 Å². The third-order valence-corrected chi connectivity index (χ3v) is 13.5. The van der Waals surface area contributed by atoms with E-state index in [2.05, 4.69) is 29.0 Å². The molecule has 1 aromatic rings. The molecule has 0 aliphatic heterocycles. The summed E-state index contributed by atoms with van der Waals surface area (Å²) in [5.41, 5.74) is 0. The standard InChI is InChI=1S/C6H7P.C2H4.4CH3.2Sn/c7-6-4-2-1-3-5-6;1-2;;;;;;/h1-5H,7H2;1-2H2;4*1H3;;. The summed E-state index contributed by atoms with van der Waals surface area (Å²) in [6, 6.07) is 10.1. The van der Waals surface area contributed by atoms with E-state index in [4.69, 9.17) is 0 Å². The molecule has 0 amide bonds. The monoisotopic (exact) mass is 438 g/mol. The first-order valence-electron chi connectivity index (χ1n) is 5.41. The number of benzene rings is 1. The number of rotatable bonds is 3. The van der Waals surface area contributed by atoms with Gasteiger partial charge in [0.1, 0.15) is 0 Å². The molecule has 84 valence electrons. The van der Waals surface area contributed by atoms with Crippen LogP contribution in [-0.4, -0.2) is 39.5 Å². The Kier molecular flexibility index (Phi) is 11.3. The molecule has 0 N–H and O–H groups in total. The number of hydrogen-bond donors (Lipinski definition) is 0. The molecule has 0 saturated heterocycles. The average Bonchev–Trinajstić information content (AvgIpc) is 2.17. The van der Waals surface area contributed by atoms with Crippen molar-refractivity contribution in [2.75, 3.05) is 0 Å². The maximum absolute atomic E-state index is 2.63. The van der Waals surface area contributed by atoms with Crippen molar-refractivity contribution in [3.63, 3.8) is 0 Å². The minimum absolute atomic E-state index is 0.641. The van der Waals surface area contributed by atoms with E-state index in [1.165, 1.54) is 5.30 Å². The van der Waals surface area contributed by atoms with Gasteiger partial charge in [-0.2, -0.15) is 0 Å². The van der Waals surface area contributed by atoms with Crippen LogP contribution in [0.5, 0.6) is 0 Å².